The number of benzene rings is 1. The molecule has 6 heteroatoms. The van der Waals surface area contributed by atoms with E-state index in [4.69, 9.17) is 10.5 Å². The molecule has 5 nitrogen and oxygen atoms in total. The number of esters is 1. The maximum absolute atomic E-state index is 13.6. The van der Waals surface area contributed by atoms with E-state index in [0.717, 1.165) is 0 Å². The summed E-state index contributed by atoms with van der Waals surface area (Å²) < 4.78 is 18.5. The second-order valence-electron chi connectivity index (χ2n) is 4.83. The summed E-state index contributed by atoms with van der Waals surface area (Å²) in [5.41, 5.74) is 6.52. The fourth-order valence-electron chi connectivity index (χ4n) is 1.64. The molecule has 0 aromatic heterocycles. The molecule has 0 saturated heterocycles. The summed E-state index contributed by atoms with van der Waals surface area (Å²) in [6.07, 6.45) is 3.03. The lowest BCUT2D eigenvalue weighted by Gasteiger charge is -2.16. The Balaban J connectivity index is 0.00000163. The summed E-state index contributed by atoms with van der Waals surface area (Å²) in [6, 6.07) is 6.40. The third-order valence-corrected chi connectivity index (χ3v) is 2.72. The van der Waals surface area contributed by atoms with Crippen molar-refractivity contribution in [2.24, 2.45) is 10.8 Å². The van der Waals surface area contributed by atoms with Crippen LogP contribution in [0, 0.1) is 5.82 Å². The van der Waals surface area contributed by atoms with Crippen LogP contribution in [0.1, 0.15) is 26.3 Å². The number of hydrogen-bond acceptors (Lipinski definition) is 5. The van der Waals surface area contributed by atoms with Crippen LogP contribution in [0.4, 0.5) is 4.39 Å². The summed E-state index contributed by atoms with van der Waals surface area (Å²) in [6.45, 7) is 9.09. The molecule has 0 saturated carbocycles. The molecule has 0 fully saturated rings. The van der Waals surface area contributed by atoms with Crippen molar-refractivity contribution in [3.8, 4) is 0 Å². The predicted molar refractivity (Wildman–Crippen MR) is 95.8 cm³/mol. The first-order valence-corrected chi connectivity index (χ1v) is 7.57. The van der Waals surface area contributed by atoms with Crippen molar-refractivity contribution in [1.82, 2.24) is 5.01 Å². The molecule has 0 spiro atoms. The van der Waals surface area contributed by atoms with Gasteiger partial charge in [0.15, 0.2) is 5.71 Å². The standard InChI is InChI=1S/C15H20FN3O2.C3H6/c1-4-21-15(20)14(11(2)9-17)18-19(3)10-12-7-5-6-8-13(12)16;1-3-2/h5-9H,4,10,17H2,1-3H3;3H,1H2,2H3/b11-9+,18-14+;. The number of carbonyl (C=O) groups excluding carboxylic acids is 1. The van der Waals surface area contributed by atoms with E-state index in [-0.39, 0.29) is 24.7 Å². The van der Waals surface area contributed by atoms with E-state index in [1.54, 1.807) is 45.2 Å². The Morgan fingerprint density at radius 2 is 2.04 bits per heavy atom. The average Bonchev–Trinajstić information content (AvgIpc) is 2.55. The van der Waals surface area contributed by atoms with Gasteiger partial charge in [-0.25, -0.2) is 9.18 Å². The number of ether oxygens (including phenoxy) is 1. The van der Waals surface area contributed by atoms with Gasteiger partial charge in [0, 0.05) is 12.6 Å². The van der Waals surface area contributed by atoms with E-state index in [2.05, 4.69) is 11.7 Å². The van der Waals surface area contributed by atoms with Gasteiger partial charge in [0.2, 0.25) is 0 Å². The van der Waals surface area contributed by atoms with Gasteiger partial charge < -0.3 is 10.5 Å². The molecule has 0 aliphatic heterocycles. The summed E-state index contributed by atoms with van der Waals surface area (Å²) in [5, 5.41) is 5.63. The van der Waals surface area contributed by atoms with Gasteiger partial charge in [0.25, 0.3) is 0 Å². The van der Waals surface area contributed by atoms with E-state index >= 15 is 0 Å². The molecule has 0 unspecified atom stereocenters. The molecular formula is C18H26FN3O2. The number of hydrazone groups is 1. The Morgan fingerprint density at radius 1 is 1.46 bits per heavy atom. The fraction of sp³-hybridized carbons (Fsp3) is 0.333. The lowest BCUT2D eigenvalue weighted by atomic mass is 10.2. The third kappa shape index (κ3) is 7.58. The van der Waals surface area contributed by atoms with Crippen LogP contribution in [0.25, 0.3) is 0 Å². The highest BCUT2D eigenvalue weighted by Gasteiger charge is 2.16. The Hall–Kier alpha value is -2.63. The van der Waals surface area contributed by atoms with E-state index in [1.165, 1.54) is 17.3 Å². The highest BCUT2D eigenvalue weighted by molar-refractivity contribution is 6.43. The van der Waals surface area contributed by atoms with Gasteiger partial charge in [-0.3, -0.25) is 5.01 Å². The first kappa shape index (κ1) is 21.4. The molecule has 0 radical (unpaired) electrons. The summed E-state index contributed by atoms with van der Waals surface area (Å²) in [4.78, 5) is 11.8. The van der Waals surface area contributed by atoms with Gasteiger partial charge in [0.05, 0.1) is 13.2 Å². The number of hydrogen-bond donors (Lipinski definition) is 1. The first-order valence-electron chi connectivity index (χ1n) is 7.57. The normalized spacial score (nSPS) is 11.2. The Bertz CT molecular complexity index is 598. The van der Waals surface area contributed by atoms with E-state index in [0.29, 0.717) is 11.1 Å². The Morgan fingerprint density at radius 3 is 2.54 bits per heavy atom. The minimum Gasteiger partial charge on any atom is -0.461 e. The number of halogens is 1. The Kier molecular flexibility index (Phi) is 10.6. The van der Waals surface area contributed by atoms with Crippen molar-refractivity contribution in [3.63, 3.8) is 0 Å². The van der Waals surface area contributed by atoms with Gasteiger partial charge in [-0.05, 0) is 38.6 Å². The molecule has 0 heterocycles. The molecule has 0 aliphatic carbocycles. The number of nitrogens with zero attached hydrogens (tertiary/aromatic N) is 2. The zero-order valence-corrected chi connectivity index (χ0v) is 14.8. The van der Waals surface area contributed by atoms with Crippen LogP contribution >= 0.6 is 0 Å². The van der Waals surface area contributed by atoms with Crippen molar-refractivity contribution in [1.29, 1.82) is 0 Å². The highest BCUT2D eigenvalue weighted by atomic mass is 19.1. The van der Waals surface area contributed by atoms with Crippen molar-refractivity contribution in [2.75, 3.05) is 13.7 Å². The van der Waals surface area contributed by atoms with Crippen LogP contribution in [0.5, 0.6) is 0 Å². The van der Waals surface area contributed by atoms with Crippen molar-refractivity contribution in [3.05, 3.63) is 60.1 Å². The molecule has 0 aliphatic rings. The zero-order valence-electron chi connectivity index (χ0n) is 14.8. The fourth-order valence-corrected chi connectivity index (χ4v) is 1.64. The molecular weight excluding hydrogens is 309 g/mol. The van der Waals surface area contributed by atoms with Gasteiger partial charge >= 0.3 is 5.97 Å². The molecule has 132 valence electrons. The smallest absolute Gasteiger partial charge is 0.359 e. The zero-order chi connectivity index (χ0) is 18.5. The quantitative estimate of drug-likeness (QED) is 0.375. The van der Waals surface area contributed by atoms with Gasteiger partial charge in [0.1, 0.15) is 5.82 Å². The lowest BCUT2D eigenvalue weighted by molar-refractivity contribution is -0.135. The summed E-state index contributed by atoms with van der Waals surface area (Å²) >= 11 is 0. The molecule has 0 amide bonds. The summed E-state index contributed by atoms with van der Waals surface area (Å²) in [7, 11) is 1.65. The SMILES string of the molecule is C=CC.CCOC(=O)C(=N/N(C)Cc1ccccc1F)/C(C)=C/N. The predicted octanol–water partition coefficient (Wildman–Crippen LogP) is 3.23. The van der Waals surface area contributed by atoms with E-state index in [1.807, 2.05) is 6.92 Å². The average molecular weight is 335 g/mol. The Labute approximate surface area is 143 Å². The van der Waals surface area contributed by atoms with Crippen molar-refractivity contribution in [2.45, 2.75) is 27.3 Å². The number of rotatable bonds is 6. The molecule has 1 aromatic rings. The van der Waals surface area contributed by atoms with Crippen LogP contribution in [-0.4, -0.2) is 30.3 Å². The van der Waals surface area contributed by atoms with Crippen LogP contribution in [0.2, 0.25) is 0 Å². The highest BCUT2D eigenvalue weighted by Crippen LogP contribution is 2.10. The largest absolute Gasteiger partial charge is 0.461 e. The van der Waals surface area contributed by atoms with Gasteiger partial charge in [-0.15, -0.1) is 6.58 Å². The van der Waals surface area contributed by atoms with Crippen LogP contribution in [0.15, 0.2) is 53.8 Å². The van der Waals surface area contributed by atoms with Crippen LogP contribution < -0.4 is 5.73 Å². The number of carbonyl (C=O) groups is 1. The summed E-state index contributed by atoms with van der Waals surface area (Å²) in [5.74, 6) is -0.875. The molecule has 1 aromatic carbocycles. The lowest BCUT2D eigenvalue weighted by Crippen LogP contribution is -2.24. The molecule has 24 heavy (non-hydrogen) atoms. The second kappa shape index (κ2) is 11.9. The minimum atomic E-state index is -0.558. The van der Waals surface area contributed by atoms with Gasteiger partial charge in [-0.1, -0.05) is 24.3 Å². The second-order valence-corrected chi connectivity index (χ2v) is 4.83. The maximum atomic E-state index is 13.6. The van der Waals surface area contributed by atoms with E-state index < -0.39 is 5.97 Å². The maximum Gasteiger partial charge on any atom is 0.359 e. The number of allylic oxidation sites excluding steroid dienone is 1. The van der Waals surface area contributed by atoms with Crippen LogP contribution in [0.3, 0.4) is 0 Å². The number of nitrogens with two attached hydrogens (primary N) is 1. The minimum absolute atomic E-state index is 0.109. The van der Waals surface area contributed by atoms with Gasteiger partial charge in [-0.2, -0.15) is 5.10 Å². The molecule has 0 bridgehead atoms. The molecule has 1 rings (SSSR count). The molecule has 0 atom stereocenters. The monoisotopic (exact) mass is 335 g/mol. The van der Waals surface area contributed by atoms with E-state index in [9.17, 15) is 9.18 Å². The van der Waals surface area contributed by atoms with Crippen molar-refractivity contribution >= 4 is 11.7 Å². The topological polar surface area (TPSA) is 67.9 Å². The van der Waals surface area contributed by atoms with Crippen molar-refractivity contribution < 1.29 is 13.9 Å². The molecule has 2 N–H and O–H groups in total. The third-order valence-electron chi connectivity index (χ3n) is 2.72. The van der Waals surface area contributed by atoms with Crippen LogP contribution in [-0.2, 0) is 16.1 Å². The first-order chi connectivity index (χ1) is 11.4.